The highest BCUT2D eigenvalue weighted by Gasteiger charge is 2.27. The van der Waals surface area contributed by atoms with Gasteiger partial charge in [0.15, 0.2) is 9.84 Å². The van der Waals surface area contributed by atoms with Crippen LogP contribution < -0.4 is 5.32 Å². The standard InChI is InChI=1S/C20H27N3O4S/c1-20(2,3)21-18(24)14-28(26,27)17-12-23(16-9-5-4-8-15(16)17)13-19(25)22-10-6-7-11-22/h4-5,8-9,12H,6-7,10-11,13-14H2,1-3H3,(H,21,24). The van der Waals surface area contributed by atoms with Gasteiger partial charge in [-0.25, -0.2) is 8.42 Å². The second-order valence-corrected chi connectivity index (χ2v) is 10.2. The van der Waals surface area contributed by atoms with E-state index in [1.165, 1.54) is 6.20 Å². The molecule has 7 nitrogen and oxygen atoms in total. The van der Waals surface area contributed by atoms with Crippen LogP contribution in [-0.4, -0.2) is 54.1 Å². The van der Waals surface area contributed by atoms with Gasteiger partial charge in [-0.15, -0.1) is 0 Å². The van der Waals surface area contributed by atoms with Crippen molar-refractivity contribution in [2.24, 2.45) is 0 Å². The molecule has 0 radical (unpaired) electrons. The van der Waals surface area contributed by atoms with Crippen molar-refractivity contribution in [3.8, 4) is 0 Å². The van der Waals surface area contributed by atoms with Crippen molar-refractivity contribution in [3.05, 3.63) is 30.5 Å². The van der Waals surface area contributed by atoms with Gasteiger partial charge in [0, 0.05) is 35.7 Å². The lowest BCUT2D eigenvalue weighted by Gasteiger charge is -2.20. The van der Waals surface area contributed by atoms with E-state index < -0.39 is 27.0 Å². The van der Waals surface area contributed by atoms with Crippen LogP contribution in [0, 0.1) is 0 Å². The Morgan fingerprint density at radius 1 is 1.11 bits per heavy atom. The molecule has 1 N–H and O–H groups in total. The van der Waals surface area contributed by atoms with Gasteiger partial charge in [0.25, 0.3) is 0 Å². The van der Waals surface area contributed by atoms with Crippen LogP contribution in [0.15, 0.2) is 35.4 Å². The summed E-state index contributed by atoms with van der Waals surface area (Å²) in [6.45, 7) is 6.98. The number of aromatic nitrogens is 1. The highest BCUT2D eigenvalue weighted by molar-refractivity contribution is 7.92. The lowest BCUT2D eigenvalue weighted by molar-refractivity contribution is -0.130. The number of nitrogens with one attached hydrogen (secondary N) is 1. The summed E-state index contributed by atoms with van der Waals surface area (Å²) in [6, 6.07) is 7.06. The molecule has 8 heteroatoms. The predicted octanol–water partition coefficient (Wildman–Crippen LogP) is 1.95. The molecule has 0 unspecified atom stereocenters. The van der Waals surface area contributed by atoms with E-state index in [-0.39, 0.29) is 17.3 Å². The minimum absolute atomic E-state index is 0.0207. The Hall–Kier alpha value is -2.35. The second-order valence-electron chi connectivity index (χ2n) is 8.28. The maximum atomic E-state index is 12.9. The molecular formula is C20H27N3O4S. The van der Waals surface area contributed by atoms with Crippen LogP contribution in [-0.2, 0) is 26.0 Å². The number of carbonyl (C=O) groups is 2. The Bertz CT molecular complexity index is 996. The lowest BCUT2D eigenvalue weighted by atomic mass is 10.1. The van der Waals surface area contributed by atoms with Crippen molar-refractivity contribution in [1.82, 2.24) is 14.8 Å². The number of nitrogens with zero attached hydrogens (tertiary/aromatic N) is 2. The van der Waals surface area contributed by atoms with Crippen LogP contribution in [0.4, 0.5) is 0 Å². The van der Waals surface area contributed by atoms with Crippen LogP contribution in [0.5, 0.6) is 0 Å². The first-order chi connectivity index (χ1) is 13.1. The van der Waals surface area contributed by atoms with Crippen LogP contribution in [0.2, 0.25) is 0 Å². The van der Waals surface area contributed by atoms with E-state index in [4.69, 9.17) is 0 Å². The topological polar surface area (TPSA) is 88.5 Å². The molecule has 2 amide bonds. The fourth-order valence-electron chi connectivity index (χ4n) is 3.51. The van der Waals surface area contributed by atoms with E-state index >= 15 is 0 Å². The SMILES string of the molecule is CC(C)(C)NC(=O)CS(=O)(=O)c1cn(CC(=O)N2CCCC2)c2ccccc12. The van der Waals surface area contributed by atoms with Crippen LogP contribution in [0.1, 0.15) is 33.6 Å². The van der Waals surface area contributed by atoms with Gasteiger partial charge < -0.3 is 14.8 Å². The lowest BCUT2D eigenvalue weighted by Crippen LogP contribution is -2.43. The normalized spacial score (nSPS) is 15.2. The number of amides is 2. The molecule has 1 aromatic heterocycles. The fourth-order valence-corrected chi connectivity index (χ4v) is 4.88. The van der Waals surface area contributed by atoms with E-state index in [9.17, 15) is 18.0 Å². The molecule has 1 aliphatic heterocycles. The predicted molar refractivity (Wildman–Crippen MR) is 108 cm³/mol. The van der Waals surface area contributed by atoms with Gasteiger partial charge in [0.05, 0.1) is 4.90 Å². The van der Waals surface area contributed by atoms with Crippen molar-refractivity contribution in [2.75, 3.05) is 18.8 Å². The number of benzene rings is 1. The zero-order valence-electron chi connectivity index (χ0n) is 16.6. The number of hydrogen-bond acceptors (Lipinski definition) is 4. The minimum atomic E-state index is -3.85. The van der Waals surface area contributed by atoms with Crippen molar-refractivity contribution in [2.45, 2.75) is 50.6 Å². The molecule has 0 aliphatic carbocycles. The van der Waals surface area contributed by atoms with E-state index in [1.54, 1.807) is 48.4 Å². The molecule has 152 valence electrons. The second kappa shape index (κ2) is 7.58. The van der Waals surface area contributed by atoms with E-state index in [1.807, 2.05) is 6.07 Å². The van der Waals surface area contributed by atoms with E-state index in [2.05, 4.69) is 5.32 Å². The van der Waals surface area contributed by atoms with Gasteiger partial charge in [0.2, 0.25) is 11.8 Å². The number of carbonyl (C=O) groups excluding carboxylic acids is 2. The average molecular weight is 406 g/mol. The summed E-state index contributed by atoms with van der Waals surface area (Å²) in [5, 5.41) is 3.21. The van der Waals surface area contributed by atoms with Crippen LogP contribution in [0.25, 0.3) is 10.9 Å². The molecule has 1 aliphatic rings. The first-order valence-corrected chi connectivity index (χ1v) is 11.1. The summed E-state index contributed by atoms with van der Waals surface area (Å²) in [5.74, 6) is -1.19. The maximum Gasteiger partial charge on any atom is 0.242 e. The smallest absolute Gasteiger partial charge is 0.242 e. The first kappa shape index (κ1) is 20.4. The fraction of sp³-hybridized carbons (Fsp3) is 0.500. The minimum Gasteiger partial charge on any atom is -0.351 e. The van der Waals surface area contributed by atoms with Crippen molar-refractivity contribution in [1.29, 1.82) is 0 Å². The molecule has 1 saturated heterocycles. The van der Waals surface area contributed by atoms with Gasteiger partial charge in [-0.1, -0.05) is 18.2 Å². The molecule has 0 atom stereocenters. The molecule has 28 heavy (non-hydrogen) atoms. The van der Waals surface area contributed by atoms with Crippen molar-refractivity contribution < 1.29 is 18.0 Å². The maximum absolute atomic E-state index is 12.9. The van der Waals surface area contributed by atoms with E-state index in [0.717, 1.165) is 25.9 Å². The Kier molecular flexibility index (Phi) is 5.52. The Labute approximate surface area is 165 Å². The largest absolute Gasteiger partial charge is 0.351 e. The average Bonchev–Trinajstić information content (AvgIpc) is 3.21. The molecule has 1 aromatic carbocycles. The highest BCUT2D eigenvalue weighted by Crippen LogP contribution is 2.27. The molecule has 3 rings (SSSR count). The summed E-state index contributed by atoms with van der Waals surface area (Å²) < 4.78 is 27.5. The zero-order valence-corrected chi connectivity index (χ0v) is 17.4. The van der Waals surface area contributed by atoms with Gasteiger partial charge >= 0.3 is 0 Å². The van der Waals surface area contributed by atoms with Gasteiger partial charge in [0.1, 0.15) is 12.3 Å². The summed E-state index contributed by atoms with van der Waals surface area (Å²) >= 11 is 0. The van der Waals surface area contributed by atoms with Gasteiger partial charge in [-0.3, -0.25) is 9.59 Å². The Balaban J connectivity index is 1.91. The third-order valence-corrected chi connectivity index (χ3v) is 6.32. The number of sulfone groups is 1. The van der Waals surface area contributed by atoms with Crippen molar-refractivity contribution >= 4 is 32.6 Å². The molecule has 2 aromatic rings. The van der Waals surface area contributed by atoms with E-state index in [0.29, 0.717) is 10.9 Å². The molecule has 2 heterocycles. The zero-order chi connectivity index (χ0) is 20.5. The van der Waals surface area contributed by atoms with Crippen LogP contribution in [0.3, 0.4) is 0 Å². The van der Waals surface area contributed by atoms with Crippen LogP contribution >= 0.6 is 0 Å². The molecular weight excluding hydrogens is 378 g/mol. The molecule has 0 saturated carbocycles. The molecule has 0 spiro atoms. The summed E-state index contributed by atoms with van der Waals surface area (Å²) in [4.78, 5) is 26.6. The van der Waals surface area contributed by atoms with Crippen molar-refractivity contribution in [3.63, 3.8) is 0 Å². The summed E-state index contributed by atoms with van der Waals surface area (Å²) in [6.07, 6.45) is 3.49. The number of fused-ring (bicyclic) bond motifs is 1. The first-order valence-electron chi connectivity index (χ1n) is 9.46. The molecule has 0 bridgehead atoms. The third-order valence-electron chi connectivity index (χ3n) is 4.69. The monoisotopic (exact) mass is 405 g/mol. The number of likely N-dealkylation sites (tertiary alicyclic amines) is 1. The Morgan fingerprint density at radius 3 is 2.39 bits per heavy atom. The Morgan fingerprint density at radius 2 is 1.75 bits per heavy atom. The highest BCUT2D eigenvalue weighted by atomic mass is 32.2. The number of hydrogen-bond donors (Lipinski definition) is 1. The number of para-hydroxylation sites is 1. The summed E-state index contributed by atoms with van der Waals surface area (Å²) in [7, 11) is -3.85. The quantitative estimate of drug-likeness (QED) is 0.824. The summed E-state index contributed by atoms with van der Waals surface area (Å²) in [5.41, 5.74) is 0.160. The molecule has 1 fully saturated rings. The third kappa shape index (κ3) is 4.55. The van der Waals surface area contributed by atoms with Gasteiger partial charge in [-0.2, -0.15) is 0 Å². The number of rotatable bonds is 5. The van der Waals surface area contributed by atoms with Gasteiger partial charge in [-0.05, 0) is 39.7 Å².